The van der Waals surface area contributed by atoms with Crippen molar-refractivity contribution in [3.8, 4) is 0 Å². The lowest BCUT2D eigenvalue weighted by atomic mass is 9.92. The quantitative estimate of drug-likeness (QED) is 0.846. The Balaban J connectivity index is 3.07. The van der Waals surface area contributed by atoms with Crippen molar-refractivity contribution >= 4 is 10.0 Å². The van der Waals surface area contributed by atoms with Gasteiger partial charge in [0, 0.05) is 12.1 Å². The van der Waals surface area contributed by atoms with E-state index in [2.05, 4.69) is 4.72 Å². The molecule has 0 aliphatic rings. The maximum atomic E-state index is 13.5. The van der Waals surface area contributed by atoms with Crippen molar-refractivity contribution in [3.05, 3.63) is 29.6 Å². The largest absolute Gasteiger partial charge is 0.329 e. The van der Waals surface area contributed by atoms with Crippen molar-refractivity contribution in [2.45, 2.75) is 44.6 Å². The van der Waals surface area contributed by atoms with Crippen molar-refractivity contribution < 1.29 is 12.8 Å². The van der Waals surface area contributed by atoms with Crippen LogP contribution in [-0.2, 0) is 10.0 Å². The molecular weight excluding hydrogens is 279 g/mol. The molecule has 0 aromatic heterocycles. The fraction of sp³-hybridized carbons (Fsp3) is 0.571. The summed E-state index contributed by atoms with van der Waals surface area (Å²) < 4.78 is 40.7. The first kappa shape index (κ1) is 17.1. The van der Waals surface area contributed by atoms with E-state index in [9.17, 15) is 12.8 Å². The summed E-state index contributed by atoms with van der Waals surface area (Å²) in [7, 11) is -3.78. The van der Waals surface area contributed by atoms with Crippen molar-refractivity contribution in [2.24, 2.45) is 11.7 Å². The molecule has 0 aliphatic carbocycles. The summed E-state index contributed by atoms with van der Waals surface area (Å²) >= 11 is 0. The Labute approximate surface area is 120 Å². The molecule has 6 heteroatoms. The highest BCUT2D eigenvalue weighted by Crippen LogP contribution is 2.20. The Kier molecular flexibility index (Phi) is 5.29. The number of nitrogens with one attached hydrogen (secondary N) is 1. The Morgan fingerprint density at radius 2 is 2.00 bits per heavy atom. The molecule has 4 nitrogen and oxygen atoms in total. The summed E-state index contributed by atoms with van der Waals surface area (Å²) in [5, 5.41) is 0. The summed E-state index contributed by atoms with van der Waals surface area (Å²) in [5.74, 6) is -0.243. The summed E-state index contributed by atoms with van der Waals surface area (Å²) in [4.78, 5) is -0.0796. The molecule has 0 spiro atoms. The lowest BCUT2D eigenvalue weighted by Crippen LogP contribution is -2.52. The molecule has 0 aliphatic heterocycles. The molecule has 1 unspecified atom stereocenters. The third-order valence-corrected chi connectivity index (χ3v) is 4.78. The third-order valence-electron chi connectivity index (χ3n) is 3.14. The normalized spacial score (nSPS) is 15.3. The van der Waals surface area contributed by atoms with Crippen molar-refractivity contribution in [1.29, 1.82) is 0 Å². The molecule has 1 atom stereocenters. The van der Waals surface area contributed by atoms with Crippen molar-refractivity contribution in [1.82, 2.24) is 4.72 Å². The number of sulfonamides is 1. The van der Waals surface area contributed by atoms with Gasteiger partial charge in [0.05, 0.1) is 4.90 Å². The topological polar surface area (TPSA) is 72.2 Å². The van der Waals surface area contributed by atoms with Gasteiger partial charge in [-0.15, -0.1) is 0 Å². The van der Waals surface area contributed by atoms with Crippen LogP contribution in [-0.4, -0.2) is 20.5 Å². The van der Waals surface area contributed by atoms with Crippen LogP contribution < -0.4 is 10.5 Å². The molecule has 0 saturated heterocycles. The fourth-order valence-electron chi connectivity index (χ4n) is 2.19. The highest BCUT2D eigenvalue weighted by Gasteiger charge is 2.30. The van der Waals surface area contributed by atoms with Gasteiger partial charge in [-0.1, -0.05) is 19.9 Å². The highest BCUT2D eigenvalue weighted by atomic mass is 32.2. The number of rotatable bonds is 6. The monoisotopic (exact) mass is 302 g/mol. The standard InChI is InChI=1S/C14H23FN2O2S/c1-10(2)8-14(4,9-16)17-20(18,19)12-6-5-11(3)13(15)7-12/h5-7,10,17H,8-9,16H2,1-4H3. The fourth-order valence-corrected chi connectivity index (χ4v) is 3.63. The van der Waals surface area contributed by atoms with E-state index in [0.29, 0.717) is 17.9 Å². The lowest BCUT2D eigenvalue weighted by Gasteiger charge is -2.30. The molecule has 0 fully saturated rings. The van der Waals surface area contributed by atoms with Gasteiger partial charge in [-0.25, -0.2) is 17.5 Å². The molecule has 20 heavy (non-hydrogen) atoms. The van der Waals surface area contributed by atoms with Gasteiger partial charge in [0.1, 0.15) is 5.82 Å². The maximum Gasteiger partial charge on any atom is 0.241 e. The lowest BCUT2D eigenvalue weighted by molar-refractivity contribution is 0.344. The summed E-state index contributed by atoms with van der Waals surface area (Å²) in [5.41, 5.74) is 5.36. The Bertz CT molecular complexity index is 573. The van der Waals surface area contributed by atoms with E-state index < -0.39 is 21.4 Å². The van der Waals surface area contributed by atoms with Gasteiger partial charge >= 0.3 is 0 Å². The zero-order chi connectivity index (χ0) is 15.6. The first-order valence-electron chi connectivity index (χ1n) is 6.60. The van der Waals surface area contributed by atoms with E-state index in [1.165, 1.54) is 12.1 Å². The van der Waals surface area contributed by atoms with Gasteiger partial charge in [-0.3, -0.25) is 0 Å². The molecule has 0 heterocycles. The van der Waals surface area contributed by atoms with Crippen molar-refractivity contribution in [2.75, 3.05) is 6.54 Å². The van der Waals surface area contributed by atoms with Crippen LogP contribution in [0.5, 0.6) is 0 Å². The summed E-state index contributed by atoms with van der Waals surface area (Å²) in [6.07, 6.45) is 0.608. The van der Waals surface area contributed by atoms with E-state index in [1.54, 1.807) is 13.8 Å². The number of hydrogen-bond acceptors (Lipinski definition) is 3. The second kappa shape index (κ2) is 6.20. The van der Waals surface area contributed by atoms with Gasteiger partial charge in [-0.2, -0.15) is 0 Å². The van der Waals surface area contributed by atoms with Crippen molar-refractivity contribution in [3.63, 3.8) is 0 Å². The third kappa shape index (κ3) is 4.26. The molecule has 0 amide bonds. The number of nitrogens with two attached hydrogens (primary N) is 1. The molecule has 3 N–H and O–H groups in total. The minimum Gasteiger partial charge on any atom is -0.329 e. The summed E-state index contributed by atoms with van der Waals surface area (Å²) in [6, 6.07) is 3.88. The minimum atomic E-state index is -3.78. The highest BCUT2D eigenvalue weighted by molar-refractivity contribution is 7.89. The van der Waals surface area contributed by atoms with Gasteiger partial charge < -0.3 is 5.73 Å². The molecule has 0 radical (unpaired) electrons. The number of aryl methyl sites for hydroxylation is 1. The molecule has 1 aromatic rings. The molecule has 1 rings (SSSR count). The summed E-state index contributed by atoms with van der Waals surface area (Å²) in [6.45, 7) is 7.51. The van der Waals surface area contributed by atoms with Crippen LogP contribution in [0.25, 0.3) is 0 Å². The molecule has 1 aromatic carbocycles. The SMILES string of the molecule is Cc1ccc(S(=O)(=O)NC(C)(CN)CC(C)C)cc1F. The van der Waals surface area contributed by atoms with E-state index in [4.69, 9.17) is 5.73 Å². The van der Waals surface area contributed by atoms with Crippen LogP contribution in [0.3, 0.4) is 0 Å². The van der Waals surface area contributed by atoms with E-state index in [0.717, 1.165) is 6.07 Å². The van der Waals surface area contributed by atoms with E-state index in [-0.39, 0.29) is 11.4 Å². The Morgan fingerprint density at radius 3 is 2.45 bits per heavy atom. The molecule has 114 valence electrons. The molecule has 0 bridgehead atoms. The minimum absolute atomic E-state index is 0.0796. The smallest absolute Gasteiger partial charge is 0.241 e. The van der Waals surface area contributed by atoms with Gasteiger partial charge in [0.2, 0.25) is 10.0 Å². The van der Waals surface area contributed by atoms with E-state index in [1.807, 2.05) is 13.8 Å². The van der Waals surface area contributed by atoms with Crippen LogP contribution in [0.4, 0.5) is 4.39 Å². The second-order valence-corrected chi connectivity index (χ2v) is 7.56. The molecular formula is C14H23FN2O2S. The van der Waals surface area contributed by atoms with Gasteiger partial charge in [0.25, 0.3) is 0 Å². The Hall–Kier alpha value is -0.980. The van der Waals surface area contributed by atoms with E-state index >= 15 is 0 Å². The predicted octanol–water partition coefficient (Wildman–Crippen LogP) is 2.18. The molecule has 0 saturated carbocycles. The van der Waals surface area contributed by atoms with Crippen LogP contribution >= 0.6 is 0 Å². The zero-order valence-corrected chi connectivity index (χ0v) is 13.2. The second-order valence-electron chi connectivity index (χ2n) is 5.88. The maximum absolute atomic E-state index is 13.5. The van der Waals surface area contributed by atoms with Gasteiger partial charge in [-0.05, 0) is 43.9 Å². The zero-order valence-electron chi connectivity index (χ0n) is 12.4. The average molecular weight is 302 g/mol. The average Bonchev–Trinajstić information content (AvgIpc) is 2.30. The predicted molar refractivity (Wildman–Crippen MR) is 78.4 cm³/mol. The first-order valence-corrected chi connectivity index (χ1v) is 8.08. The van der Waals surface area contributed by atoms with Crippen LogP contribution in [0.1, 0.15) is 32.8 Å². The number of benzene rings is 1. The number of hydrogen-bond donors (Lipinski definition) is 2. The van der Waals surface area contributed by atoms with Crippen LogP contribution in [0.15, 0.2) is 23.1 Å². The first-order chi connectivity index (χ1) is 9.09. The van der Waals surface area contributed by atoms with Crippen LogP contribution in [0, 0.1) is 18.7 Å². The van der Waals surface area contributed by atoms with Gasteiger partial charge in [0.15, 0.2) is 0 Å². The van der Waals surface area contributed by atoms with Crippen LogP contribution in [0.2, 0.25) is 0 Å². The Morgan fingerprint density at radius 1 is 1.40 bits per heavy atom. The number of halogens is 1.